The molecule has 0 spiro atoms. The second kappa shape index (κ2) is 6.01. The highest BCUT2D eigenvalue weighted by molar-refractivity contribution is 6.14. The molecule has 2 amide bonds. The van der Waals surface area contributed by atoms with E-state index in [4.69, 9.17) is 9.47 Å². The van der Waals surface area contributed by atoms with E-state index in [1.165, 1.54) is 5.56 Å². The van der Waals surface area contributed by atoms with Gasteiger partial charge in [0.05, 0.1) is 0 Å². The third kappa shape index (κ3) is 2.63. The van der Waals surface area contributed by atoms with Crippen LogP contribution >= 0.6 is 0 Å². The molecule has 0 saturated heterocycles. The third-order valence-corrected chi connectivity index (χ3v) is 5.62. The molecule has 2 aromatic rings. The van der Waals surface area contributed by atoms with Gasteiger partial charge in [-0.3, -0.25) is 9.59 Å². The summed E-state index contributed by atoms with van der Waals surface area (Å²) in [6.07, 6.45) is 2.06. The molecule has 138 valence electrons. The first-order valence-electron chi connectivity index (χ1n) is 9.24. The summed E-state index contributed by atoms with van der Waals surface area (Å²) in [7, 11) is 0. The van der Waals surface area contributed by atoms with Crippen LogP contribution in [0.1, 0.15) is 24.0 Å². The quantitative estimate of drug-likeness (QED) is 0.846. The van der Waals surface area contributed by atoms with Gasteiger partial charge in [-0.15, -0.1) is 0 Å². The molecule has 2 aromatic carbocycles. The fourth-order valence-electron chi connectivity index (χ4n) is 3.87. The Morgan fingerprint density at radius 2 is 1.89 bits per heavy atom. The summed E-state index contributed by atoms with van der Waals surface area (Å²) in [5.74, 6) is 1.14. The number of fused-ring (bicyclic) bond motifs is 2. The highest BCUT2D eigenvalue weighted by Crippen LogP contribution is 2.49. The van der Waals surface area contributed by atoms with Crippen LogP contribution in [0.2, 0.25) is 0 Å². The van der Waals surface area contributed by atoms with Gasteiger partial charge in [-0.1, -0.05) is 24.3 Å². The van der Waals surface area contributed by atoms with E-state index in [-0.39, 0.29) is 18.6 Å². The molecular weight excluding hydrogens is 344 g/mol. The number of amides is 2. The SMILES string of the molecule is O=C(NCc1ccc2c(c1)OCO2)C1(C(=O)N2CCc3ccccc32)CC1. The molecule has 5 rings (SSSR count). The van der Waals surface area contributed by atoms with Gasteiger partial charge in [0.25, 0.3) is 0 Å². The normalized spacial score (nSPS) is 18.1. The lowest BCUT2D eigenvalue weighted by Gasteiger charge is -2.23. The fourth-order valence-corrected chi connectivity index (χ4v) is 3.87. The van der Waals surface area contributed by atoms with Crippen molar-refractivity contribution in [3.63, 3.8) is 0 Å². The van der Waals surface area contributed by atoms with Crippen LogP contribution in [-0.2, 0) is 22.6 Å². The van der Waals surface area contributed by atoms with Gasteiger partial charge in [0, 0.05) is 18.8 Å². The second-order valence-electron chi connectivity index (χ2n) is 7.29. The van der Waals surface area contributed by atoms with Crippen molar-refractivity contribution in [2.75, 3.05) is 18.2 Å². The lowest BCUT2D eigenvalue weighted by Crippen LogP contribution is -2.44. The Bertz CT molecular complexity index is 936. The van der Waals surface area contributed by atoms with Gasteiger partial charge in [-0.05, 0) is 48.6 Å². The molecule has 1 aliphatic carbocycles. The lowest BCUT2D eigenvalue weighted by molar-refractivity contribution is -0.135. The minimum absolute atomic E-state index is 0.0735. The van der Waals surface area contributed by atoms with E-state index in [2.05, 4.69) is 5.32 Å². The second-order valence-corrected chi connectivity index (χ2v) is 7.29. The van der Waals surface area contributed by atoms with Gasteiger partial charge >= 0.3 is 0 Å². The molecule has 0 bridgehead atoms. The number of nitrogens with one attached hydrogen (secondary N) is 1. The topological polar surface area (TPSA) is 67.9 Å². The Morgan fingerprint density at radius 3 is 2.74 bits per heavy atom. The first-order chi connectivity index (χ1) is 13.2. The molecule has 0 atom stereocenters. The Morgan fingerprint density at radius 1 is 1.07 bits per heavy atom. The maximum atomic E-state index is 13.1. The molecule has 1 N–H and O–H groups in total. The summed E-state index contributed by atoms with van der Waals surface area (Å²) in [5, 5.41) is 2.94. The van der Waals surface area contributed by atoms with E-state index in [1.807, 2.05) is 42.5 Å². The van der Waals surface area contributed by atoms with Crippen molar-refractivity contribution in [3.05, 3.63) is 53.6 Å². The van der Waals surface area contributed by atoms with Crippen molar-refractivity contribution in [3.8, 4) is 11.5 Å². The number of hydrogen-bond acceptors (Lipinski definition) is 4. The number of anilines is 1. The summed E-state index contributed by atoms with van der Waals surface area (Å²) >= 11 is 0. The van der Waals surface area contributed by atoms with Crippen LogP contribution in [0.5, 0.6) is 11.5 Å². The number of nitrogens with zero attached hydrogens (tertiary/aromatic N) is 1. The van der Waals surface area contributed by atoms with Crippen molar-refractivity contribution >= 4 is 17.5 Å². The number of ether oxygens (including phenoxy) is 2. The summed E-state index contributed by atoms with van der Waals surface area (Å²) in [6, 6.07) is 13.5. The maximum Gasteiger partial charge on any atom is 0.242 e. The molecule has 6 heteroatoms. The Labute approximate surface area is 157 Å². The van der Waals surface area contributed by atoms with Gasteiger partial charge in [0.1, 0.15) is 5.41 Å². The lowest BCUT2D eigenvalue weighted by atomic mass is 10.0. The van der Waals surface area contributed by atoms with Crippen LogP contribution in [0.3, 0.4) is 0 Å². The van der Waals surface area contributed by atoms with Crippen molar-refractivity contribution in [1.82, 2.24) is 5.32 Å². The van der Waals surface area contributed by atoms with Gasteiger partial charge in [0.2, 0.25) is 18.6 Å². The molecule has 2 aliphatic heterocycles. The monoisotopic (exact) mass is 364 g/mol. The van der Waals surface area contributed by atoms with Crippen molar-refractivity contribution in [1.29, 1.82) is 0 Å². The molecule has 1 saturated carbocycles. The average molecular weight is 364 g/mol. The van der Waals surface area contributed by atoms with Crippen LogP contribution in [0, 0.1) is 5.41 Å². The molecule has 0 radical (unpaired) electrons. The number of carbonyl (C=O) groups is 2. The zero-order chi connectivity index (χ0) is 18.4. The van der Waals surface area contributed by atoms with Crippen LogP contribution < -0.4 is 19.7 Å². The Hall–Kier alpha value is -3.02. The molecule has 0 aromatic heterocycles. The minimum Gasteiger partial charge on any atom is -0.454 e. The first kappa shape index (κ1) is 16.2. The Balaban J connectivity index is 1.28. The number of carbonyl (C=O) groups excluding carboxylic acids is 2. The standard InChI is InChI=1S/C21H20N2O4/c24-19(22-12-14-5-6-17-18(11-14)27-13-26-17)21(8-9-21)20(25)23-10-7-15-3-1-2-4-16(15)23/h1-6,11H,7-10,12-13H2,(H,22,24). The highest BCUT2D eigenvalue weighted by Gasteiger charge is 2.58. The summed E-state index contributed by atoms with van der Waals surface area (Å²) < 4.78 is 10.7. The number of para-hydroxylation sites is 1. The van der Waals surface area contributed by atoms with Crippen LogP contribution in [-0.4, -0.2) is 25.2 Å². The van der Waals surface area contributed by atoms with E-state index < -0.39 is 5.41 Å². The van der Waals surface area contributed by atoms with E-state index in [0.717, 1.165) is 17.7 Å². The van der Waals surface area contributed by atoms with Gasteiger partial charge in [0.15, 0.2) is 11.5 Å². The van der Waals surface area contributed by atoms with E-state index in [0.29, 0.717) is 37.4 Å². The van der Waals surface area contributed by atoms with Crippen LogP contribution in [0.15, 0.2) is 42.5 Å². The Kier molecular flexibility index (Phi) is 3.60. The van der Waals surface area contributed by atoms with Crippen LogP contribution in [0.25, 0.3) is 0 Å². The summed E-state index contributed by atoms with van der Waals surface area (Å²) in [5.41, 5.74) is 2.12. The first-order valence-corrected chi connectivity index (χ1v) is 9.24. The zero-order valence-electron chi connectivity index (χ0n) is 14.9. The van der Waals surface area contributed by atoms with Gasteiger partial charge in [-0.25, -0.2) is 0 Å². The van der Waals surface area contributed by atoms with Crippen molar-refractivity contribution < 1.29 is 19.1 Å². The third-order valence-electron chi connectivity index (χ3n) is 5.62. The minimum atomic E-state index is -0.909. The van der Waals surface area contributed by atoms with Crippen LogP contribution in [0.4, 0.5) is 5.69 Å². The molecule has 3 aliphatic rings. The predicted octanol–water partition coefficient (Wildman–Crippen LogP) is 2.40. The van der Waals surface area contributed by atoms with E-state index >= 15 is 0 Å². The van der Waals surface area contributed by atoms with Crippen molar-refractivity contribution in [2.45, 2.75) is 25.8 Å². The molecule has 6 nitrogen and oxygen atoms in total. The van der Waals surface area contributed by atoms with Crippen molar-refractivity contribution in [2.24, 2.45) is 5.41 Å². The molecular formula is C21H20N2O4. The van der Waals surface area contributed by atoms with E-state index in [1.54, 1.807) is 4.90 Å². The largest absolute Gasteiger partial charge is 0.454 e. The maximum absolute atomic E-state index is 13.1. The zero-order valence-corrected chi connectivity index (χ0v) is 14.9. The molecule has 27 heavy (non-hydrogen) atoms. The summed E-state index contributed by atoms with van der Waals surface area (Å²) in [4.78, 5) is 27.7. The molecule has 2 heterocycles. The fraction of sp³-hybridized carbons (Fsp3) is 0.333. The number of rotatable bonds is 4. The molecule has 0 unspecified atom stereocenters. The number of benzene rings is 2. The van der Waals surface area contributed by atoms with E-state index in [9.17, 15) is 9.59 Å². The predicted molar refractivity (Wildman–Crippen MR) is 98.6 cm³/mol. The summed E-state index contributed by atoms with van der Waals surface area (Å²) in [6.45, 7) is 1.23. The smallest absolute Gasteiger partial charge is 0.242 e. The van der Waals surface area contributed by atoms with Gasteiger partial charge in [-0.2, -0.15) is 0 Å². The average Bonchev–Trinajstić information content (AvgIpc) is 3.19. The highest BCUT2D eigenvalue weighted by atomic mass is 16.7. The van der Waals surface area contributed by atoms with Gasteiger partial charge < -0.3 is 19.7 Å². The molecule has 1 fully saturated rings. The number of hydrogen-bond donors (Lipinski definition) is 1.